The van der Waals surface area contributed by atoms with Crippen molar-refractivity contribution in [1.29, 1.82) is 0 Å². The Kier molecular flexibility index (Phi) is 11.0. The average molecular weight is 583 g/mol. The molecule has 10 heteroatoms. The van der Waals surface area contributed by atoms with Crippen LogP contribution in [0.2, 0.25) is 0 Å². The standard InChI is InChI=1S/C31H42N4O5S/c1-24(2)20-29(33-31(37)34-16-18-40-19-17-34)30(36)32-27(21-25-10-5-3-6-11-25)22-28-14-9-15-35(41(28,38)39)23-26-12-7-4-8-13-26/h3-8,10-13,22,24,27,29H,9,14-21,23H2,1-2H3,(H,32,36)(H,33,37)/b28-22-/t27-,29-/m0/s1. The van der Waals surface area contributed by atoms with Gasteiger partial charge in [-0.15, -0.1) is 0 Å². The zero-order valence-electron chi connectivity index (χ0n) is 24.0. The normalized spacial score (nSPS) is 20.0. The second kappa shape index (κ2) is 14.6. The third-order valence-electron chi connectivity index (χ3n) is 7.34. The minimum absolute atomic E-state index is 0.159. The number of allylic oxidation sites excluding steroid dienone is 1. The first-order valence-electron chi connectivity index (χ1n) is 14.4. The molecule has 2 aromatic rings. The van der Waals surface area contributed by atoms with Crippen molar-refractivity contribution in [1.82, 2.24) is 19.8 Å². The number of hydrogen-bond donors (Lipinski definition) is 2. The van der Waals surface area contributed by atoms with Gasteiger partial charge in [0.15, 0.2) is 0 Å². The molecular formula is C31H42N4O5S. The van der Waals surface area contributed by atoms with Gasteiger partial charge in [0.05, 0.1) is 24.2 Å². The molecule has 2 aliphatic heterocycles. The lowest BCUT2D eigenvalue weighted by Gasteiger charge is -2.31. The second-order valence-corrected chi connectivity index (χ2v) is 13.1. The van der Waals surface area contributed by atoms with E-state index in [0.29, 0.717) is 70.0 Å². The minimum atomic E-state index is -3.70. The highest BCUT2D eigenvalue weighted by Gasteiger charge is 2.32. The number of benzene rings is 2. The highest BCUT2D eigenvalue weighted by Crippen LogP contribution is 2.27. The highest BCUT2D eigenvalue weighted by molar-refractivity contribution is 7.93. The Morgan fingerprint density at radius 3 is 2.20 bits per heavy atom. The first-order chi connectivity index (χ1) is 19.7. The molecule has 2 saturated heterocycles. The van der Waals surface area contributed by atoms with Crippen molar-refractivity contribution >= 4 is 22.0 Å². The zero-order valence-corrected chi connectivity index (χ0v) is 24.8. The number of hydrogen-bond acceptors (Lipinski definition) is 5. The molecule has 0 unspecified atom stereocenters. The molecular weight excluding hydrogens is 540 g/mol. The molecule has 9 nitrogen and oxygen atoms in total. The van der Waals surface area contributed by atoms with Gasteiger partial charge in [-0.1, -0.05) is 74.5 Å². The van der Waals surface area contributed by atoms with Gasteiger partial charge in [-0.3, -0.25) is 4.79 Å². The number of morpholine rings is 1. The van der Waals surface area contributed by atoms with Crippen LogP contribution in [-0.2, 0) is 32.5 Å². The molecule has 2 atom stereocenters. The first kappa shape index (κ1) is 30.7. The number of carbonyl (C=O) groups is 2. The predicted molar refractivity (Wildman–Crippen MR) is 159 cm³/mol. The van der Waals surface area contributed by atoms with E-state index in [-0.39, 0.29) is 17.9 Å². The molecule has 41 heavy (non-hydrogen) atoms. The molecule has 2 N–H and O–H groups in total. The van der Waals surface area contributed by atoms with Gasteiger partial charge >= 0.3 is 6.03 Å². The van der Waals surface area contributed by atoms with Crippen molar-refractivity contribution < 1.29 is 22.7 Å². The van der Waals surface area contributed by atoms with Crippen LogP contribution in [0.1, 0.15) is 44.2 Å². The molecule has 222 valence electrons. The fourth-order valence-corrected chi connectivity index (χ4v) is 6.96. The Hall–Kier alpha value is -3.21. The van der Waals surface area contributed by atoms with Gasteiger partial charge in [0.1, 0.15) is 6.04 Å². The maximum Gasteiger partial charge on any atom is 0.318 e. The molecule has 2 aromatic carbocycles. The van der Waals surface area contributed by atoms with E-state index in [1.165, 1.54) is 4.31 Å². The summed E-state index contributed by atoms with van der Waals surface area (Å²) < 4.78 is 34.2. The highest BCUT2D eigenvalue weighted by atomic mass is 32.2. The summed E-state index contributed by atoms with van der Waals surface area (Å²) in [5, 5.41) is 5.99. The summed E-state index contributed by atoms with van der Waals surface area (Å²) in [5.41, 5.74) is 1.90. The first-order valence-corrected chi connectivity index (χ1v) is 15.9. The number of sulfonamides is 1. The van der Waals surface area contributed by atoms with Gasteiger partial charge < -0.3 is 20.3 Å². The molecule has 2 heterocycles. The molecule has 0 aromatic heterocycles. The summed E-state index contributed by atoms with van der Waals surface area (Å²) in [5.74, 6) is -0.167. The van der Waals surface area contributed by atoms with Gasteiger partial charge in [-0.25, -0.2) is 13.2 Å². The van der Waals surface area contributed by atoms with Crippen LogP contribution in [0.3, 0.4) is 0 Å². The largest absolute Gasteiger partial charge is 0.378 e. The van der Waals surface area contributed by atoms with Gasteiger partial charge in [-0.2, -0.15) is 4.31 Å². The predicted octanol–water partition coefficient (Wildman–Crippen LogP) is 3.68. The van der Waals surface area contributed by atoms with Crippen molar-refractivity contribution in [3.8, 4) is 0 Å². The van der Waals surface area contributed by atoms with Crippen molar-refractivity contribution in [3.05, 3.63) is 82.8 Å². The second-order valence-electron chi connectivity index (χ2n) is 11.1. The SMILES string of the molecule is CC(C)C[C@H](NC(=O)N1CCOCC1)C(=O)N[C@H](/C=C1/CCCN(Cc2ccccc2)S1(=O)=O)Cc1ccccc1. The fourth-order valence-electron chi connectivity index (χ4n) is 5.20. The lowest BCUT2D eigenvalue weighted by atomic mass is 10.0. The van der Waals surface area contributed by atoms with Crippen LogP contribution in [-0.4, -0.2) is 74.5 Å². The number of carbonyl (C=O) groups excluding carboxylic acids is 2. The smallest absolute Gasteiger partial charge is 0.318 e. The van der Waals surface area contributed by atoms with E-state index in [1.54, 1.807) is 11.0 Å². The number of amides is 3. The fraction of sp³-hybridized carbons (Fsp3) is 0.484. The van der Waals surface area contributed by atoms with E-state index in [0.717, 1.165) is 11.1 Å². The molecule has 0 radical (unpaired) electrons. The molecule has 4 rings (SSSR count). The van der Waals surface area contributed by atoms with E-state index in [1.807, 2.05) is 74.5 Å². The third-order valence-corrected chi connectivity index (χ3v) is 9.33. The van der Waals surface area contributed by atoms with Gasteiger partial charge in [0.25, 0.3) is 0 Å². The molecule has 2 fully saturated rings. The Balaban J connectivity index is 1.55. The number of nitrogens with one attached hydrogen (secondary N) is 2. The van der Waals surface area contributed by atoms with Gasteiger partial charge in [0.2, 0.25) is 15.9 Å². The van der Waals surface area contributed by atoms with Crippen molar-refractivity contribution in [2.75, 3.05) is 32.8 Å². The number of urea groups is 1. The number of ether oxygens (including phenoxy) is 1. The Morgan fingerprint density at radius 2 is 1.56 bits per heavy atom. The lowest BCUT2D eigenvalue weighted by Crippen LogP contribution is -2.55. The quantitative estimate of drug-likeness (QED) is 0.445. The molecule has 0 saturated carbocycles. The summed E-state index contributed by atoms with van der Waals surface area (Å²) in [6.07, 6.45) is 3.71. The zero-order chi connectivity index (χ0) is 29.2. The van der Waals surface area contributed by atoms with Crippen LogP contribution in [0.15, 0.2) is 71.6 Å². The van der Waals surface area contributed by atoms with Gasteiger partial charge in [-0.05, 0) is 48.8 Å². The Labute approximate surface area is 244 Å². The van der Waals surface area contributed by atoms with E-state index < -0.39 is 22.1 Å². The van der Waals surface area contributed by atoms with Crippen LogP contribution in [0.4, 0.5) is 4.79 Å². The van der Waals surface area contributed by atoms with E-state index in [9.17, 15) is 18.0 Å². The summed E-state index contributed by atoms with van der Waals surface area (Å²) in [6.45, 7) is 6.65. The van der Waals surface area contributed by atoms with Crippen molar-refractivity contribution in [3.63, 3.8) is 0 Å². The van der Waals surface area contributed by atoms with Crippen LogP contribution in [0.25, 0.3) is 0 Å². The van der Waals surface area contributed by atoms with Crippen LogP contribution in [0.5, 0.6) is 0 Å². The maximum absolute atomic E-state index is 13.7. The van der Waals surface area contributed by atoms with Crippen LogP contribution in [0, 0.1) is 5.92 Å². The summed E-state index contributed by atoms with van der Waals surface area (Å²) in [4.78, 5) is 28.6. The molecule has 2 aliphatic rings. The monoisotopic (exact) mass is 582 g/mol. The van der Waals surface area contributed by atoms with Crippen LogP contribution >= 0.6 is 0 Å². The Bertz CT molecular complexity index is 1280. The third kappa shape index (κ3) is 8.89. The summed E-state index contributed by atoms with van der Waals surface area (Å²) >= 11 is 0. The molecule has 0 spiro atoms. The number of rotatable bonds is 10. The van der Waals surface area contributed by atoms with Crippen LogP contribution < -0.4 is 10.6 Å². The average Bonchev–Trinajstić information content (AvgIpc) is 2.96. The van der Waals surface area contributed by atoms with Gasteiger partial charge in [0, 0.05) is 26.2 Å². The topological polar surface area (TPSA) is 108 Å². The van der Waals surface area contributed by atoms with Crippen molar-refractivity contribution in [2.24, 2.45) is 5.92 Å². The lowest BCUT2D eigenvalue weighted by molar-refractivity contribution is -0.123. The molecule has 0 aliphatic carbocycles. The van der Waals surface area contributed by atoms with E-state index in [2.05, 4.69) is 10.6 Å². The summed E-state index contributed by atoms with van der Waals surface area (Å²) in [6, 6.07) is 17.6. The number of nitrogens with zero attached hydrogens (tertiary/aromatic N) is 2. The van der Waals surface area contributed by atoms with E-state index in [4.69, 9.17) is 4.74 Å². The van der Waals surface area contributed by atoms with E-state index >= 15 is 0 Å². The molecule has 0 bridgehead atoms. The maximum atomic E-state index is 13.7. The molecule has 3 amide bonds. The van der Waals surface area contributed by atoms with Crippen molar-refractivity contribution in [2.45, 2.75) is 58.2 Å². The minimum Gasteiger partial charge on any atom is -0.378 e. The Morgan fingerprint density at radius 1 is 0.927 bits per heavy atom. The summed E-state index contributed by atoms with van der Waals surface area (Å²) in [7, 11) is -3.70.